The Balaban J connectivity index is 2.77. The van der Waals surface area contributed by atoms with Crippen molar-refractivity contribution in [2.24, 2.45) is 0 Å². The van der Waals surface area contributed by atoms with Crippen LogP contribution in [-0.2, 0) is 6.54 Å². The van der Waals surface area contributed by atoms with E-state index in [-0.39, 0.29) is 0 Å². The second-order valence-electron chi connectivity index (χ2n) is 4.19. The van der Waals surface area contributed by atoms with Crippen LogP contribution in [0.3, 0.4) is 0 Å². The maximum absolute atomic E-state index is 3.20. The predicted molar refractivity (Wildman–Crippen MR) is 72.0 cm³/mol. The number of rotatable bonds is 7. The maximum atomic E-state index is 3.20. The molecule has 0 aliphatic carbocycles. The third-order valence-corrected chi connectivity index (χ3v) is 2.64. The summed E-state index contributed by atoms with van der Waals surface area (Å²) in [6.07, 6.45) is 2.41. The first-order valence-corrected chi connectivity index (χ1v) is 6.30. The van der Waals surface area contributed by atoms with Gasteiger partial charge in [-0.1, -0.05) is 26.0 Å². The smallest absolute Gasteiger partial charge is 0.0369 e. The number of nitrogens with zero attached hydrogens (tertiary/aromatic N) is 1. The molecule has 1 aromatic carbocycles. The van der Waals surface area contributed by atoms with Gasteiger partial charge in [0.15, 0.2) is 0 Å². The van der Waals surface area contributed by atoms with Crippen molar-refractivity contribution in [3.63, 3.8) is 0 Å². The summed E-state index contributed by atoms with van der Waals surface area (Å²) in [5, 5.41) is 3.20. The fraction of sp³-hybridized carbons (Fsp3) is 0.571. The van der Waals surface area contributed by atoms with E-state index in [1.165, 1.54) is 24.1 Å². The topological polar surface area (TPSA) is 15.3 Å². The van der Waals surface area contributed by atoms with E-state index in [4.69, 9.17) is 0 Å². The molecule has 1 N–H and O–H groups in total. The lowest BCUT2D eigenvalue weighted by molar-refractivity contribution is 0.742. The molecule has 0 saturated heterocycles. The average molecular weight is 220 g/mol. The fourth-order valence-corrected chi connectivity index (χ4v) is 1.98. The Morgan fingerprint density at radius 2 is 1.81 bits per heavy atom. The Hall–Kier alpha value is -1.02. The second-order valence-corrected chi connectivity index (χ2v) is 4.19. The summed E-state index contributed by atoms with van der Waals surface area (Å²) < 4.78 is 0. The first-order chi connectivity index (χ1) is 7.81. The van der Waals surface area contributed by atoms with Gasteiger partial charge in [0.25, 0.3) is 0 Å². The van der Waals surface area contributed by atoms with Gasteiger partial charge in [0.1, 0.15) is 0 Å². The van der Waals surface area contributed by atoms with E-state index < -0.39 is 0 Å². The van der Waals surface area contributed by atoms with Gasteiger partial charge < -0.3 is 10.2 Å². The highest BCUT2D eigenvalue weighted by molar-refractivity contribution is 5.48. The van der Waals surface area contributed by atoms with Gasteiger partial charge in [-0.05, 0) is 37.6 Å². The van der Waals surface area contributed by atoms with Gasteiger partial charge in [0.05, 0.1) is 0 Å². The summed E-state index contributed by atoms with van der Waals surface area (Å²) in [5.74, 6) is 0. The number of hydrogen-bond donors (Lipinski definition) is 1. The van der Waals surface area contributed by atoms with Crippen LogP contribution in [0.4, 0.5) is 5.69 Å². The predicted octanol–water partition coefficient (Wildman–Crippen LogP) is 3.03. The van der Waals surface area contributed by atoms with Gasteiger partial charge in [-0.25, -0.2) is 0 Å². The number of benzene rings is 1. The summed E-state index contributed by atoms with van der Waals surface area (Å²) in [4.78, 5) is 2.47. The van der Waals surface area contributed by atoms with Crippen molar-refractivity contribution in [1.82, 2.24) is 5.32 Å². The van der Waals surface area contributed by atoms with Crippen molar-refractivity contribution in [2.45, 2.75) is 33.2 Å². The lowest BCUT2D eigenvalue weighted by atomic mass is 10.1. The molecule has 1 aromatic rings. The largest absolute Gasteiger partial charge is 0.372 e. The highest BCUT2D eigenvalue weighted by atomic mass is 15.1. The summed E-state index contributed by atoms with van der Waals surface area (Å²) in [7, 11) is 1.99. The molecule has 2 nitrogen and oxygen atoms in total. The summed E-state index contributed by atoms with van der Waals surface area (Å²) in [5.41, 5.74) is 2.72. The zero-order chi connectivity index (χ0) is 11.8. The van der Waals surface area contributed by atoms with E-state index in [2.05, 4.69) is 48.3 Å². The molecular formula is C14H24N2. The van der Waals surface area contributed by atoms with Crippen LogP contribution in [0.25, 0.3) is 0 Å². The fourth-order valence-electron chi connectivity index (χ4n) is 1.98. The van der Waals surface area contributed by atoms with Crippen LogP contribution in [0.15, 0.2) is 24.3 Å². The van der Waals surface area contributed by atoms with Gasteiger partial charge in [0.2, 0.25) is 0 Å². The first-order valence-electron chi connectivity index (χ1n) is 6.30. The zero-order valence-corrected chi connectivity index (χ0v) is 10.8. The Morgan fingerprint density at radius 1 is 1.12 bits per heavy atom. The summed E-state index contributed by atoms with van der Waals surface area (Å²) in [6.45, 7) is 7.72. The molecule has 0 unspecified atom stereocenters. The highest BCUT2D eigenvalue weighted by Gasteiger charge is 2.04. The second kappa shape index (κ2) is 7.29. The van der Waals surface area contributed by atoms with Crippen LogP contribution in [0.1, 0.15) is 32.3 Å². The van der Waals surface area contributed by atoms with Crippen LogP contribution in [-0.4, -0.2) is 20.1 Å². The zero-order valence-electron chi connectivity index (χ0n) is 10.8. The van der Waals surface area contributed by atoms with Crippen molar-refractivity contribution in [1.29, 1.82) is 0 Å². The van der Waals surface area contributed by atoms with Crippen LogP contribution in [0, 0.1) is 0 Å². The average Bonchev–Trinajstić information content (AvgIpc) is 2.30. The molecule has 16 heavy (non-hydrogen) atoms. The minimum atomic E-state index is 0.944. The Morgan fingerprint density at radius 3 is 2.38 bits per heavy atom. The molecule has 0 aromatic heterocycles. The molecule has 0 spiro atoms. The van der Waals surface area contributed by atoms with Crippen molar-refractivity contribution in [2.75, 3.05) is 25.0 Å². The van der Waals surface area contributed by atoms with Crippen molar-refractivity contribution in [3.05, 3.63) is 29.8 Å². The van der Waals surface area contributed by atoms with Crippen LogP contribution < -0.4 is 10.2 Å². The normalized spacial score (nSPS) is 10.4. The van der Waals surface area contributed by atoms with E-state index in [1.807, 2.05) is 7.05 Å². The summed E-state index contributed by atoms with van der Waals surface area (Å²) in [6, 6.07) is 8.84. The first kappa shape index (κ1) is 13.0. The van der Waals surface area contributed by atoms with Gasteiger partial charge in [-0.3, -0.25) is 0 Å². The highest BCUT2D eigenvalue weighted by Crippen LogP contribution is 2.17. The SMILES string of the molecule is CCCN(CCC)c1cccc(CNC)c1. The number of hydrogen-bond acceptors (Lipinski definition) is 2. The number of nitrogens with one attached hydrogen (secondary N) is 1. The monoisotopic (exact) mass is 220 g/mol. The maximum Gasteiger partial charge on any atom is 0.0369 e. The minimum absolute atomic E-state index is 0.944. The van der Waals surface area contributed by atoms with Crippen LogP contribution in [0.2, 0.25) is 0 Å². The molecule has 0 heterocycles. The Bertz CT molecular complexity index is 291. The molecule has 0 aliphatic rings. The van der Waals surface area contributed by atoms with Crippen molar-refractivity contribution >= 4 is 5.69 Å². The Kier molecular flexibility index (Phi) is 5.94. The lowest BCUT2D eigenvalue weighted by Crippen LogP contribution is -2.25. The quantitative estimate of drug-likeness (QED) is 0.760. The summed E-state index contributed by atoms with van der Waals surface area (Å²) >= 11 is 0. The van der Waals surface area contributed by atoms with E-state index >= 15 is 0 Å². The van der Waals surface area contributed by atoms with Gasteiger partial charge in [-0.2, -0.15) is 0 Å². The van der Waals surface area contributed by atoms with Gasteiger partial charge >= 0.3 is 0 Å². The van der Waals surface area contributed by atoms with E-state index in [0.29, 0.717) is 0 Å². The van der Waals surface area contributed by atoms with Crippen LogP contribution >= 0.6 is 0 Å². The lowest BCUT2D eigenvalue weighted by Gasteiger charge is -2.24. The number of anilines is 1. The molecule has 0 fully saturated rings. The molecular weight excluding hydrogens is 196 g/mol. The third kappa shape index (κ3) is 3.86. The van der Waals surface area contributed by atoms with E-state index in [9.17, 15) is 0 Å². The van der Waals surface area contributed by atoms with Crippen LogP contribution in [0.5, 0.6) is 0 Å². The van der Waals surface area contributed by atoms with Gasteiger partial charge in [0, 0.05) is 25.3 Å². The van der Waals surface area contributed by atoms with E-state index in [1.54, 1.807) is 0 Å². The molecule has 0 saturated carbocycles. The minimum Gasteiger partial charge on any atom is -0.372 e. The van der Waals surface area contributed by atoms with Gasteiger partial charge in [-0.15, -0.1) is 0 Å². The molecule has 90 valence electrons. The molecule has 1 rings (SSSR count). The molecule has 0 amide bonds. The van der Waals surface area contributed by atoms with Crippen molar-refractivity contribution < 1.29 is 0 Å². The van der Waals surface area contributed by atoms with E-state index in [0.717, 1.165) is 19.6 Å². The van der Waals surface area contributed by atoms with Crippen molar-refractivity contribution in [3.8, 4) is 0 Å². The Labute approximate surface area is 99.7 Å². The molecule has 0 radical (unpaired) electrons. The third-order valence-electron chi connectivity index (χ3n) is 2.64. The molecule has 0 bridgehead atoms. The molecule has 0 aliphatic heterocycles. The molecule has 0 atom stereocenters. The molecule has 2 heteroatoms. The standard InChI is InChI=1S/C14H24N2/c1-4-9-16(10-5-2)14-8-6-7-13(11-14)12-15-3/h6-8,11,15H,4-5,9-10,12H2,1-3H3.